The Balaban J connectivity index is 1.39. The lowest BCUT2D eigenvalue weighted by Gasteiger charge is -2.25. The number of hydrogen-bond acceptors (Lipinski definition) is 4. The number of rotatable bonds is 6. The number of fused-ring (bicyclic) bond motifs is 1. The molecule has 6 heteroatoms. The minimum absolute atomic E-state index is 0.0475. The van der Waals surface area contributed by atoms with Crippen LogP contribution < -0.4 is 19.5 Å². The summed E-state index contributed by atoms with van der Waals surface area (Å²) in [5.41, 5.74) is 0. The van der Waals surface area contributed by atoms with Gasteiger partial charge >= 0.3 is 6.03 Å². The Kier molecular flexibility index (Phi) is 4.27. The largest absolute Gasteiger partial charge is 0.492 e. The van der Waals surface area contributed by atoms with Crippen molar-refractivity contribution < 1.29 is 19.0 Å². The molecule has 1 unspecified atom stereocenters. The predicted octanol–water partition coefficient (Wildman–Crippen LogP) is 2.23. The topological polar surface area (TPSA) is 60.0 Å². The van der Waals surface area contributed by atoms with E-state index in [1.54, 1.807) is 11.0 Å². The van der Waals surface area contributed by atoms with E-state index in [1.165, 1.54) is 12.8 Å². The second-order valence-electron chi connectivity index (χ2n) is 5.78. The zero-order valence-corrected chi connectivity index (χ0v) is 13.0. The van der Waals surface area contributed by atoms with Crippen molar-refractivity contribution in [3.63, 3.8) is 0 Å². The normalized spacial score (nSPS) is 17.0. The van der Waals surface area contributed by atoms with Crippen LogP contribution in [-0.4, -0.2) is 44.0 Å². The van der Waals surface area contributed by atoms with Crippen LogP contribution in [0.5, 0.6) is 17.2 Å². The van der Waals surface area contributed by atoms with Crippen molar-refractivity contribution in [2.45, 2.75) is 25.8 Å². The molecule has 0 aromatic heterocycles. The average molecular weight is 306 g/mol. The molecule has 1 aliphatic carbocycles. The van der Waals surface area contributed by atoms with Crippen LogP contribution in [0.1, 0.15) is 19.8 Å². The van der Waals surface area contributed by atoms with E-state index >= 15 is 0 Å². The summed E-state index contributed by atoms with van der Waals surface area (Å²) in [5, 5.41) is 2.87. The van der Waals surface area contributed by atoms with Crippen molar-refractivity contribution in [1.29, 1.82) is 0 Å². The fraction of sp³-hybridized carbons (Fsp3) is 0.562. The smallest absolute Gasteiger partial charge is 0.317 e. The summed E-state index contributed by atoms with van der Waals surface area (Å²) in [5.74, 6) is 2.80. The molecule has 0 saturated heterocycles. The number of carbonyl (C=O) groups excluding carboxylic acids is 1. The van der Waals surface area contributed by atoms with Gasteiger partial charge in [0.25, 0.3) is 0 Å². The molecular formula is C16H22N2O4. The van der Waals surface area contributed by atoms with Crippen LogP contribution in [0.3, 0.4) is 0 Å². The van der Waals surface area contributed by atoms with Crippen LogP contribution in [0.4, 0.5) is 4.79 Å². The molecule has 0 spiro atoms. The second kappa shape index (κ2) is 6.34. The molecule has 2 amide bonds. The molecule has 1 N–H and O–H groups in total. The number of nitrogens with one attached hydrogen (secondary N) is 1. The Morgan fingerprint density at radius 3 is 2.95 bits per heavy atom. The van der Waals surface area contributed by atoms with E-state index in [-0.39, 0.29) is 12.8 Å². The van der Waals surface area contributed by atoms with Gasteiger partial charge in [-0.2, -0.15) is 0 Å². The fourth-order valence-corrected chi connectivity index (χ4v) is 2.50. The number of amides is 2. The molecule has 0 radical (unpaired) electrons. The van der Waals surface area contributed by atoms with Crippen LogP contribution in [0.25, 0.3) is 0 Å². The molecule has 1 atom stereocenters. The quantitative estimate of drug-likeness (QED) is 0.819. The van der Waals surface area contributed by atoms with Gasteiger partial charge in [0.2, 0.25) is 6.79 Å². The number of benzene rings is 1. The molecule has 1 aromatic carbocycles. The van der Waals surface area contributed by atoms with E-state index < -0.39 is 0 Å². The van der Waals surface area contributed by atoms with E-state index in [0.717, 1.165) is 5.75 Å². The van der Waals surface area contributed by atoms with Gasteiger partial charge in [-0.05, 0) is 37.8 Å². The van der Waals surface area contributed by atoms with Crippen LogP contribution in [0.2, 0.25) is 0 Å². The SMILES string of the molecule is CC(C1CC1)N(C)C(=O)NCCOc1ccc2c(c1)OCO2. The molecule has 120 valence electrons. The van der Waals surface area contributed by atoms with Gasteiger partial charge in [0.05, 0.1) is 6.54 Å². The number of urea groups is 1. The van der Waals surface area contributed by atoms with Crippen LogP contribution in [0.15, 0.2) is 18.2 Å². The highest BCUT2D eigenvalue weighted by molar-refractivity contribution is 5.74. The van der Waals surface area contributed by atoms with Gasteiger partial charge in [0, 0.05) is 19.2 Å². The average Bonchev–Trinajstić information content (AvgIpc) is 3.27. The first-order chi connectivity index (χ1) is 10.6. The summed E-state index contributed by atoms with van der Waals surface area (Å²) in [7, 11) is 1.84. The first-order valence-electron chi connectivity index (χ1n) is 7.68. The highest BCUT2D eigenvalue weighted by atomic mass is 16.7. The molecule has 1 aromatic rings. The molecule has 1 heterocycles. The van der Waals surface area contributed by atoms with Gasteiger partial charge in [-0.1, -0.05) is 0 Å². The highest BCUT2D eigenvalue weighted by Crippen LogP contribution is 2.35. The summed E-state index contributed by atoms with van der Waals surface area (Å²) in [6, 6.07) is 5.70. The van der Waals surface area contributed by atoms with Crippen molar-refractivity contribution >= 4 is 6.03 Å². The van der Waals surface area contributed by atoms with E-state index in [0.29, 0.717) is 36.6 Å². The maximum absolute atomic E-state index is 12.0. The standard InChI is InChI=1S/C16H22N2O4/c1-11(12-3-4-12)18(2)16(19)17-7-8-20-13-5-6-14-15(9-13)22-10-21-14/h5-6,9,11-12H,3-4,7-8,10H2,1-2H3,(H,17,19). The van der Waals surface area contributed by atoms with Crippen molar-refractivity contribution in [3.8, 4) is 17.2 Å². The Labute approximate surface area is 130 Å². The Morgan fingerprint density at radius 1 is 1.41 bits per heavy atom. The van der Waals surface area contributed by atoms with E-state index in [1.807, 2.05) is 19.2 Å². The summed E-state index contributed by atoms with van der Waals surface area (Å²) in [4.78, 5) is 13.8. The van der Waals surface area contributed by atoms with Gasteiger partial charge in [-0.25, -0.2) is 4.79 Å². The first kappa shape index (κ1) is 14.8. The van der Waals surface area contributed by atoms with Crippen molar-refractivity contribution in [1.82, 2.24) is 10.2 Å². The Hall–Kier alpha value is -2.11. The number of nitrogens with zero attached hydrogens (tertiary/aromatic N) is 1. The number of ether oxygens (including phenoxy) is 3. The Bertz CT molecular complexity index is 545. The van der Waals surface area contributed by atoms with Crippen molar-refractivity contribution in [2.24, 2.45) is 5.92 Å². The molecule has 22 heavy (non-hydrogen) atoms. The summed E-state index contributed by atoms with van der Waals surface area (Å²) in [6.45, 7) is 3.23. The molecule has 2 aliphatic rings. The molecular weight excluding hydrogens is 284 g/mol. The van der Waals surface area contributed by atoms with Crippen LogP contribution in [0, 0.1) is 5.92 Å². The van der Waals surface area contributed by atoms with Gasteiger partial charge < -0.3 is 24.4 Å². The summed E-state index contributed by atoms with van der Waals surface area (Å²) in [6.07, 6.45) is 2.46. The van der Waals surface area contributed by atoms with Crippen LogP contribution >= 0.6 is 0 Å². The highest BCUT2D eigenvalue weighted by Gasteiger charge is 2.32. The third kappa shape index (κ3) is 3.37. The van der Waals surface area contributed by atoms with E-state index in [2.05, 4.69) is 12.2 Å². The minimum Gasteiger partial charge on any atom is -0.492 e. The molecule has 1 fully saturated rings. The Morgan fingerprint density at radius 2 is 2.18 bits per heavy atom. The number of hydrogen-bond donors (Lipinski definition) is 1. The van der Waals surface area contributed by atoms with Crippen molar-refractivity contribution in [2.75, 3.05) is 27.0 Å². The molecule has 1 aliphatic heterocycles. The summed E-state index contributed by atoms with van der Waals surface area (Å²) >= 11 is 0. The third-order valence-electron chi connectivity index (χ3n) is 4.23. The van der Waals surface area contributed by atoms with E-state index in [9.17, 15) is 4.79 Å². The lowest BCUT2D eigenvalue weighted by Crippen LogP contribution is -2.44. The lowest BCUT2D eigenvalue weighted by molar-refractivity contribution is 0.173. The predicted molar refractivity (Wildman–Crippen MR) is 81.4 cm³/mol. The van der Waals surface area contributed by atoms with Gasteiger partial charge in [-0.3, -0.25) is 0 Å². The van der Waals surface area contributed by atoms with Gasteiger partial charge in [-0.15, -0.1) is 0 Å². The van der Waals surface area contributed by atoms with E-state index in [4.69, 9.17) is 14.2 Å². The zero-order valence-electron chi connectivity index (χ0n) is 13.0. The van der Waals surface area contributed by atoms with Gasteiger partial charge in [0.1, 0.15) is 12.4 Å². The molecule has 3 rings (SSSR count). The monoisotopic (exact) mass is 306 g/mol. The maximum Gasteiger partial charge on any atom is 0.317 e. The third-order valence-corrected chi connectivity index (χ3v) is 4.23. The first-order valence-corrected chi connectivity index (χ1v) is 7.68. The molecule has 6 nitrogen and oxygen atoms in total. The second-order valence-corrected chi connectivity index (χ2v) is 5.78. The molecule has 1 saturated carbocycles. The van der Waals surface area contributed by atoms with Gasteiger partial charge in [0.15, 0.2) is 11.5 Å². The zero-order chi connectivity index (χ0) is 15.5. The maximum atomic E-state index is 12.0. The minimum atomic E-state index is -0.0475. The summed E-state index contributed by atoms with van der Waals surface area (Å²) < 4.78 is 16.1. The number of carbonyl (C=O) groups is 1. The fourth-order valence-electron chi connectivity index (χ4n) is 2.50. The lowest BCUT2D eigenvalue weighted by atomic mass is 10.2. The van der Waals surface area contributed by atoms with Crippen molar-refractivity contribution in [3.05, 3.63) is 18.2 Å². The van der Waals surface area contributed by atoms with Crippen LogP contribution in [-0.2, 0) is 0 Å². The molecule has 0 bridgehead atoms.